The second-order valence-electron chi connectivity index (χ2n) is 20.1. The average Bonchev–Trinajstić information content (AvgIpc) is 4.08. The molecule has 16 heteroatoms. The molecule has 6 aromatic rings. The number of thiazole rings is 1. The number of quaternary nitrogens is 1. The van der Waals surface area contributed by atoms with Crippen molar-refractivity contribution in [3.05, 3.63) is 99.2 Å². The Morgan fingerprint density at radius 2 is 1.87 bits per heavy atom. The topological polar surface area (TPSA) is 146 Å². The molecule has 10 rings (SSSR count). The summed E-state index contributed by atoms with van der Waals surface area (Å²) in [6.07, 6.45) is 10.5. The minimum absolute atomic E-state index is 0.0283. The van der Waals surface area contributed by atoms with Crippen molar-refractivity contribution in [2.45, 2.75) is 107 Å². The van der Waals surface area contributed by atoms with Crippen LogP contribution in [0.15, 0.2) is 71.2 Å². The van der Waals surface area contributed by atoms with E-state index < -0.39 is 17.3 Å². The maximum Gasteiger partial charge on any atom is 0.265 e. The van der Waals surface area contributed by atoms with Crippen LogP contribution in [0.4, 0.5) is 21.5 Å². The lowest BCUT2D eigenvalue weighted by atomic mass is 9.70. The van der Waals surface area contributed by atoms with Crippen molar-refractivity contribution in [1.82, 2.24) is 24.6 Å². The molecule has 2 aliphatic heterocycles. The highest BCUT2D eigenvalue weighted by Crippen LogP contribution is 2.49. The van der Waals surface area contributed by atoms with Crippen LogP contribution in [-0.4, -0.2) is 82.3 Å². The van der Waals surface area contributed by atoms with E-state index in [1.54, 1.807) is 17.1 Å². The van der Waals surface area contributed by atoms with Crippen LogP contribution in [-0.2, 0) is 0 Å². The Kier molecular flexibility index (Phi) is 13.0. The first-order chi connectivity index (χ1) is 32.2. The zero-order chi connectivity index (χ0) is 46.6. The number of aromatic amines is 1. The summed E-state index contributed by atoms with van der Waals surface area (Å²) in [6.45, 7) is 11.2. The Morgan fingerprint density at radius 3 is 2.63 bits per heavy atom. The van der Waals surface area contributed by atoms with Crippen molar-refractivity contribution in [2.75, 3.05) is 50.0 Å². The third kappa shape index (κ3) is 9.37. The van der Waals surface area contributed by atoms with Crippen molar-refractivity contribution in [2.24, 2.45) is 11.3 Å². The van der Waals surface area contributed by atoms with Gasteiger partial charge in [0.15, 0.2) is 16.6 Å². The monoisotopic (exact) mass is 966 g/mol. The predicted molar refractivity (Wildman–Crippen MR) is 268 cm³/mol. The average molecular weight is 968 g/mol. The van der Waals surface area contributed by atoms with Crippen LogP contribution in [0, 0.1) is 22.4 Å². The number of carbonyl (C=O) groups is 1. The molecule has 4 fully saturated rings. The number of ether oxygens (including phenoxy) is 1. The number of aromatic nitrogens is 3. The van der Waals surface area contributed by atoms with Gasteiger partial charge in [0.25, 0.3) is 5.91 Å². The van der Waals surface area contributed by atoms with E-state index in [2.05, 4.69) is 72.9 Å². The van der Waals surface area contributed by atoms with E-state index in [0.717, 1.165) is 87.0 Å². The Morgan fingerprint density at radius 1 is 1.09 bits per heavy atom. The zero-order valence-corrected chi connectivity index (χ0v) is 41.0. The fraction of sp³-hybridized carbons (Fsp3) is 0.471. The lowest BCUT2D eigenvalue weighted by molar-refractivity contribution is -0.750. The van der Waals surface area contributed by atoms with Crippen LogP contribution in [0.25, 0.3) is 21.3 Å². The van der Waals surface area contributed by atoms with Gasteiger partial charge in [-0.15, -0.1) is 11.3 Å². The van der Waals surface area contributed by atoms with Crippen molar-refractivity contribution < 1.29 is 24.1 Å². The van der Waals surface area contributed by atoms with Crippen LogP contribution >= 0.6 is 34.9 Å². The van der Waals surface area contributed by atoms with Crippen molar-refractivity contribution in [3.8, 4) is 11.5 Å². The van der Waals surface area contributed by atoms with E-state index in [9.17, 15) is 19.5 Å². The number of rotatable bonds is 13. The molecule has 3 aromatic heterocycles. The van der Waals surface area contributed by atoms with Crippen molar-refractivity contribution in [1.29, 1.82) is 0 Å². The fourth-order valence-electron chi connectivity index (χ4n) is 11.3. The molecule has 2 unspecified atom stereocenters. The number of H-pyrrole nitrogens is 1. The zero-order valence-electron chi connectivity index (χ0n) is 38.6. The first-order valence-electron chi connectivity index (χ1n) is 23.8. The highest BCUT2D eigenvalue weighted by molar-refractivity contribution is 7.98. The van der Waals surface area contributed by atoms with E-state index in [1.165, 1.54) is 55.5 Å². The van der Waals surface area contributed by atoms with Crippen molar-refractivity contribution >= 4 is 79.1 Å². The van der Waals surface area contributed by atoms with Crippen molar-refractivity contribution in [3.63, 3.8) is 0 Å². The van der Waals surface area contributed by atoms with Gasteiger partial charge in [0.05, 0.1) is 38.7 Å². The van der Waals surface area contributed by atoms with Crippen LogP contribution < -0.4 is 24.7 Å². The number of likely N-dealkylation sites (tertiary alicyclic amines) is 1. The number of benzene rings is 3. The number of nitrogens with zero attached hydrogens (tertiary/aromatic N) is 4. The Hall–Kier alpha value is -4.48. The van der Waals surface area contributed by atoms with Gasteiger partial charge in [-0.1, -0.05) is 56.1 Å². The third-order valence-electron chi connectivity index (χ3n) is 15.2. The predicted octanol–water partition coefficient (Wildman–Crippen LogP) is 10.6. The normalized spacial score (nSPS) is 23.5. The minimum Gasteiger partial charge on any atom is -0.629 e. The maximum atomic E-state index is 14.8. The summed E-state index contributed by atoms with van der Waals surface area (Å²) in [5.74, 6) is 0.947. The first kappa shape index (κ1) is 46.3. The lowest BCUT2D eigenvalue weighted by Crippen LogP contribution is -2.98. The second kappa shape index (κ2) is 18.8. The standard InChI is InChI=1S/C51H60ClFN8O4S2/c1-30(2)33-8-5-6-9-34(33)35-10-7-11-39(35)61-27-51(28-61)18-20-60(21-19-51)32-12-13-36(41(22-32)65-42-23-37-38(53)26-55-48(37)57-47(42)52)49(62)58-67-43-24-40(59(4)64)44(45-46(43)66-29-56-45)54-25-31-14-16-50(3,63)17-15-31/h5-6,8-9,12-13,22-24,26,29-31,35,39,54,59,63H,7,10-11,14-21,25,27-28H2,1-4H3,(H,55,57)(H,58,62)/t31?,35?,39-,50?/m0/s1. The number of aliphatic hydroxyl groups is 1. The molecule has 2 saturated carbocycles. The summed E-state index contributed by atoms with van der Waals surface area (Å²) in [5, 5.41) is 27.3. The Bertz CT molecular complexity index is 2770. The van der Waals surface area contributed by atoms with Crippen LogP contribution in [0.3, 0.4) is 0 Å². The molecule has 1 spiro atoms. The summed E-state index contributed by atoms with van der Waals surface area (Å²) in [4.78, 5) is 31.9. The molecule has 3 aromatic carbocycles. The van der Waals surface area contributed by atoms with E-state index in [4.69, 9.17) is 16.3 Å². The molecule has 5 N–H and O–H groups in total. The Balaban J connectivity index is 0.859. The molecular weight excluding hydrogens is 907 g/mol. The number of hydrogen-bond donors (Lipinski definition) is 5. The summed E-state index contributed by atoms with van der Waals surface area (Å²) in [6, 6.07) is 18.6. The van der Waals surface area contributed by atoms with E-state index in [1.807, 2.05) is 25.1 Å². The number of pyridine rings is 1. The van der Waals surface area contributed by atoms with Gasteiger partial charge in [0.2, 0.25) is 0 Å². The highest BCUT2D eigenvalue weighted by atomic mass is 35.5. The maximum absolute atomic E-state index is 14.8. The number of amides is 1. The number of anilines is 2. The number of carbonyl (C=O) groups excluding carboxylic acids is 1. The van der Waals surface area contributed by atoms with Crippen LogP contribution in [0.1, 0.15) is 112 Å². The molecule has 5 heterocycles. The molecular formula is C51H60ClFN8O4S2. The smallest absolute Gasteiger partial charge is 0.265 e. The summed E-state index contributed by atoms with van der Waals surface area (Å²) in [5.41, 5.74) is 7.78. The summed E-state index contributed by atoms with van der Waals surface area (Å²) < 4.78 is 25.1. The SMILES string of the molecule is CC(C)c1ccccc1C1CCC[C@@H]1N1CC2(CCN(c3ccc(C(=O)NSc4cc([NH+](C)[O-])c(NCC5CCC(C)(O)CC5)c5ncsc45)c(Oc4cc5c(F)c[nH]c5nc4Cl)c3)CC2)C1. The molecule has 2 saturated heterocycles. The quantitative estimate of drug-likeness (QED) is 0.0431. The third-order valence-corrected chi connectivity index (χ3v) is 17.2. The van der Waals surface area contributed by atoms with Gasteiger partial charge >= 0.3 is 0 Å². The molecule has 0 radical (unpaired) electrons. The number of halogens is 2. The number of nitrogens with one attached hydrogen (secondary N) is 4. The molecule has 4 aliphatic rings. The van der Waals surface area contributed by atoms with E-state index in [0.29, 0.717) is 63.2 Å². The molecule has 354 valence electrons. The van der Waals surface area contributed by atoms with Gasteiger partial charge < -0.3 is 35.3 Å². The highest BCUT2D eigenvalue weighted by Gasteiger charge is 2.49. The first-order valence-corrected chi connectivity index (χ1v) is 25.9. The number of hydrogen-bond acceptors (Lipinski definition) is 11. The van der Waals surface area contributed by atoms with Crippen LogP contribution in [0.5, 0.6) is 11.5 Å². The van der Waals surface area contributed by atoms with E-state index in [-0.39, 0.29) is 32.7 Å². The largest absolute Gasteiger partial charge is 0.629 e. The summed E-state index contributed by atoms with van der Waals surface area (Å²) >= 11 is 9.19. The lowest BCUT2D eigenvalue weighted by Gasteiger charge is -2.57. The second-order valence-corrected chi connectivity index (χ2v) is 22.2. The molecule has 3 atom stereocenters. The van der Waals surface area contributed by atoms with Gasteiger partial charge in [-0.3, -0.25) is 14.4 Å². The van der Waals surface area contributed by atoms with Gasteiger partial charge in [-0.25, -0.2) is 14.4 Å². The van der Waals surface area contributed by atoms with Gasteiger partial charge in [-0.05, 0) is 123 Å². The minimum atomic E-state index is -0.626. The van der Waals surface area contributed by atoms with Gasteiger partial charge in [0, 0.05) is 62.8 Å². The number of piperidine rings is 1. The molecule has 1 amide bonds. The number of hydroxylamine groups is 1. The fourth-order valence-corrected chi connectivity index (χ4v) is 13.1. The Labute approximate surface area is 404 Å². The van der Waals surface area contributed by atoms with Gasteiger partial charge in [0.1, 0.15) is 28.4 Å². The molecule has 0 bridgehead atoms. The van der Waals surface area contributed by atoms with Gasteiger partial charge in [-0.2, -0.15) is 0 Å². The number of fused-ring (bicyclic) bond motifs is 2. The van der Waals surface area contributed by atoms with E-state index >= 15 is 0 Å². The van der Waals surface area contributed by atoms with Crippen LogP contribution in [0.2, 0.25) is 5.15 Å². The molecule has 2 aliphatic carbocycles. The summed E-state index contributed by atoms with van der Waals surface area (Å²) in [7, 11) is 1.54. The molecule has 67 heavy (non-hydrogen) atoms. The molecule has 12 nitrogen and oxygen atoms in total.